The Kier molecular flexibility index (Phi) is 7.30. The molecule has 2 aromatic heterocycles. The lowest BCUT2D eigenvalue weighted by atomic mass is 10.3. The summed E-state index contributed by atoms with van der Waals surface area (Å²) in [7, 11) is 1.60. The predicted molar refractivity (Wildman–Crippen MR) is 127 cm³/mol. The highest BCUT2D eigenvalue weighted by molar-refractivity contribution is 7.23. The first kappa shape index (κ1) is 23.0. The van der Waals surface area contributed by atoms with Gasteiger partial charge in [0.25, 0.3) is 5.91 Å². The van der Waals surface area contributed by atoms with Crippen LogP contribution < -0.4 is 9.64 Å². The zero-order valence-corrected chi connectivity index (χ0v) is 20.2. The quantitative estimate of drug-likeness (QED) is 0.490. The van der Waals surface area contributed by atoms with Gasteiger partial charge in [-0.25, -0.2) is 4.98 Å². The standard InChI is InChI=1S/C22H28ClN5O3S/c1-4-28-15(2)14-17(25-28)21(29)27(9-5-8-26-10-12-31-13-11-26)22-24-19-18(30-3)7-6-16(23)20(19)32-22/h6-7,14H,4-5,8-13H2,1-3H3. The number of carbonyl (C=O) groups excluding carboxylic acids is 1. The fraction of sp³-hybridized carbons (Fsp3) is 0.500. The van der Waals surface area contributed by atoms with Crippen LogP contribution in [0.25, 0.3) is 10.2 Å². The van der Waals surface area contributed by atoms with Gasteiger partial charge in [0, 0.05) is 38.4 Å². The van der Waals surface area contributed by atoms with Crippen molar-refractivity contribution >= 4 is 44.2 Å². The molecule has 1 fully saturated rings. The van der Waals surface area contributed by atoms with Gasteiger partial charge in [0.15, 0.2) is 10.8 Å². The number of hydrogen-bond acceptors (Lipinski definition) is 7. The summed E-state index contributed by atoms with van der Waals surface area (Å²) in [5.41, 5.74) is 2.05. The molecule has 10 heteroatoms. The van der Waals surface area contributed by atoms with E-state index in [2.05, 4.69) is 10.00 Å². The summed E-state index contributed by atoms with van der Waals surface area (Å²) in [5, 5.41) is 5.70. The molecule has 0 atom stereocenters. The third-order valence-electron chi connectivity index (χ3n) is 5.60. The van der Waals surface area contributed by atoms with Crippen molar-refractivity contribution in [3.8, 4) is 5.75 Å². The minimum atomic E-state index is -0.156. The van der Waals surface area contributed by atoms with Crippen molar-refractivity contribution in [2.75, 3.05) is 51.4 Å². The van der Waals surface area contributed by atoms with Crippen LogP contribution in [-0.2, 0) is 11.3 Å². The van der Waals surface area contributed by atoms with E-state index < -0.39 is 0 Å². The van der Waals surface area contributed by atoms with Crippen LogP contribution in [-0.4, -0.2) is 72.1 Å². The second-order valence-corrected chi connectivity index (χ2v) is 9.06. The average molecular weight is 478 g/mol. The van der Waals surface area contributed by atoms with Gasteiger partial charge in [-0.1, -0.05) is 22.9 Å². The van der Waals surface area contributed by atoms with Crippen LogP contribution in [0.15, 0.2) is 18.2 Å². The molecule has 1 aliphatic rings. The van der Waals surface area contributed by atoms with Crippen molar-refractivity contribution in [2.24, 2.45) is 0 Å². The van der Waals surface area contributed by atoms with Crippen LogP contribution in [0.2, 0.25) is 5.02 Å². The Labute approximate surface area is 196 Å². The number of ether oxygens (including phenoxy) is 2. The van der Waals surface area contributed by atoms with E-state index in [9.17, 15) is 4.79 Å². The van der Waals surface area contributed by atoms with Crippen LogP contribution in [0.3, 0.4) is 0 Å². The molecule has 0 N–H and O–H groups in total. The maximum Gasteiger partial charge on any atom is 0.280 e. The van der Waals surface area contributed by atoms with Gasteiger partial charge < -0.3 is 9.47 Å². The smallest absolute Gasteiger partial charge is 0.280 e. The Morgan fingerprint density at radius 3 is 2.81 bits per heavy atom. The third kappa shape index (κ3) is 4.76. The molecular formula is C22H28ClN5O3S. The Morgan fingerprint density at radius 2 is 2.12 bits per heavy atom. The van der Waals surface area contributed by atoms with E-state index in [1.807, 2.05) is 24.6 Å². The molecule has 32 heavy (non-hydrogen) atoms. The monoisotopic (exact) mass is 477 g/mol. The number of fused-ring (bicyclic) bond motifs is 1. The van der Waals surface area contributed by atoms with Crippen LogP contribution in [0.1, 0.15) is 29.5 Å². The molecule has 172 valence electrons. The normalized spacial score (nSPS) is 14.8. The number of aryl methyl sites for hydroxylation is 2. The fourth-order valence-corrected chi connectivity index (χ4v) is 5.14. The Bertz CT molecular complexity index is 1090. The number of anilines is 1. The highest BCUT2D eigenvalue weighted by atomic mass is 35.5. The number of rotatable bonds is 8. The van der Waals surface area contributed by atoms with E-state index in [1.165, 1.54) is 11.3 Å². The van der Waals surface area contributed by atoms with Gasteiger partial charge >= 0.3 is 0 Å². The molecule has 1 aliphatic heterocycles. The third-order valence-corrected chi connectivity index (χ3v) is 7.14. The minimum Gasteiger partial charge on any atom is -0.494 e. The van der Waals surface area contributed by atoms with E-state index in [0.717, 1.165) is 49.7 Å². The molecule has 0 unspecified atom stereocenters. The molecule has 3 aromatic rings. The molecule has 0 aliphatic carbocycles. The maximum absolute atomic E-state index is 13.5. The Morgan fingerprint density at radius 1 is 1.34 bits per heavy atom. The molecule has 1 amide bonds. The van der Waals surface area contributed by atoms with Crippen LogP contribution in [0.4, 0.5) is 5.13 Å². The first-order chi connectivity index (χ1) is 15.5. The van der Waals surface area contributed by atoms with Gasteiger partial charge in [0.1, 0.15) is 11.3 Å². The van der Waals surface area contributed by atoms with Gasteiger partial charge in [-0.3, -0.25) is 19.3 Å². The second kappa shape index (κ2) is 10.2. The van der Waals surface area contributed by atoms with Gasteiger partial charge in [-0.15, -0.1) is 0 Å². The van der Waals surface area contributed by atoms with Crippen molar-refractivity contribution in [3.05, 3.63) is 34.6 Å². The van der Waals surface area contributed by atoms with Crippen LogP contribution in [0, 0.1) is 6.92 Å². The number of benzene rings is 1. The minimum absolute atomic E-state index is 0.156. The molecule has 1 saturated heterocycles. The predicted octanol–water partition coefficient (Wildman–Crippen LogP) is 3.85. The van der Waals surface area contributed by atoms with Gasteiger partial charge in [0.2, 0.25) is 0 Å². The molecule has 0 bridgehead atoms. The molecule has 0 radical (unpaired) electrons. The summed E-state index contributed by atoms with van der Waals surface area (Å²) in [4.78, 5) is 22.4. The maximum atomic E-state index is 13.5. The molecule has 0 spiro atoms. The number of amides is 1. The first-order valence-corrected chi connectivity index (χ1v) is 12.0. The van der Waals surface area contributed by atoms with Crippen molar-refractivity contribution in [2.45, 2.75) is 26.8 Å². The summed E-state index contributed by atoms with van der Waals surface area (Å²) < 4.78 is 13.5. The van der Waals surface area contributed by atoms with Gasteiger partial charge in [-0.05, 0) is 38.5 Å². The number of carbonyl (C=O) groups is 1. The van der Waals surface area contributed by atoms with E-state index in [4.69, 9.17) is 26.1 Å². The zero-order chi connectivity index (χ0) is 22.7. The Hall–Kier alpha value is -2.20. The van der Waals surface area contributed by atoms with Crippen molar-refractivity contribution in [3.63, 3.8) is 0 Å². The summed E-state index contributed by atoms with van der Waals surface area (Å²) in [6.07, 6.45) is 0.819. The molecular weight excluding hydrogens is 450 g/mol. The largest absolute Gasteiger partial charge is 0.494 e. The van der Waals surface area contributed by atoms with E-state index >= 15 is 0 Å². The van der Waals surface area contributed by atoms with Crippen molar-refractivity contribution in [1.82, 2.24) is 19.7 Å². The van der Waals surface area contributed by atoms with E-state index in [0.29, 0.717) is 40.2 Å². The summed E-state index contributed by atoms with van der Waals surface area (Å²) in [5.74, 6) is 0.482. The molecule has 0 saturated carbocycles. The van der Waals surface area contributed by atoms with E-state index in [-0.39, 0.29) is 5.91 Å². The topological polar surface area (TPSA) is 72.7 Å². The fourth-order valence-electron chi connectivity index (χ4n) is 3.86. The van der Waals surface area contributed by atoms with Gasteiger partial charge in [0.05, 0.1) is 30.0 Å². The SMILES string of the molecule is CCn1nc(C(=O)N(CCCN2CCOCC2)c2nc3c(OC)ccc(Cl)c3s2)cc1C. The summed E-state index contributed by atoms with van der Waals surface area (Å²) >= 11 is 7.83. The van der Waals surface area contributed by atoms with Gasteiger partial charge in [-0.2, -0.15) is 5.10 Å². The van der Waals surface area contributed by atoms with Crippen molar-refractivity contribution in [1.29, 1.82) is 0 Å². The number of hydrogen-bond donors (Lipinski definition) is 0. The van der Waals surface area contributed by atoms with Crippen molar-refractivity contribution < 1.29 is 14.3 Å². The average Bonchev–Trinajstić information content (AvgIpc) is 3.42. The number of nitrogens with zero attached hydrogens (tertiary/aromatic N) is 5. The lowest BCUT2D eigenvalue weighted by Crippen LogP contribution is -2.39. The number of methoxy groups -OCH3 is 1. The lowest BCUT2D eigenvalue weighted by Gasteiger charge is -2.27. The van der Waals surface area contributed by atoms with E-state index in [1.54, 1.807) is 24.1 Å². The highest BCUT2D eigenvalue weighted by Crippen LogP contribution is 2.39. The number of halogens is 1. The van der Waals surface area contributed by atoms with Crippen LogP contribution >= 0.6 is 22.9 Å². The summed E-state index contributed by atoms with van der Waals surface area (Å²) in [6.45, 7) is 9.46. The lowest BCUT2D eigenvalue weighted by molar-refractivity contribution is 0.0376. The number of thiazole rings is 1. The second-order valence-electron chi connectivity index (χ2n) is 7.67. The number of aromatic nitrogens is 3. The zero-order valence-electron chi connectivity index (χ0n) is 18.6. The number of morpholine rings is 1. The molecule has 8 nitrogen and oxygen atoms in total. The van der Waals surface area contributed by atoms with Crippen LogP contribution in [0.5, 0.6) is 5.75 Å². The highest BCUT2D eigenvalue weighted by Gasteiger charge is 2.25. The molecule has 4 rings (SSSR count). The Balaban J connectivity index is 1.64. The molecule has 3 heterocycles. The molecule has 1 aromatic carbocycles. The summed E-state index contributed by atoms with van der Waals surface area (Å²) in [6, 6.07) is 5.42. The first-order valence-electron chi connectivity index (χ1n) is 10.8.